The average Bonchev–Trinajstić information content (AvgIpc) is 2.87. The number of carbonyl (C=O) groups is 3. The van der Waals surface area contributed by atoms with E-state index in [1.807, 2.05) is 60.7 Å². The summed E-state index contributed by atoms with van der Waals surface area (Å²) in [6, 6.07) is 18.8. The van der Waals surface area contributed by atoms with E-state index in [0.29, 0.717) is 5.56 Å². The third kappa shape index (κ3) is 6.69. The molecule has 0 spiro atoms. The van der Waals surface area contributed by atoms with Crippen LogP contribution in [-0.2, 0) is 35.9 Å². The highest BCUT2D eigenvalue weighted by Crippen LogP contribution is 2.42. The zero-order valence-corrected chi connectivity index (χ0v) is 22.8. The van der Waals surface area contributed by atoms with E-state index < -0.39 is 35.1 Å². The monoisotopic (exact) mass is 531 g/mol. The van der Waals surface area contributed by atoms with Crippen LogP contribution < -0.4 is 11.1 Å². The van der Waals surface area contributed by atoms with Crippen molar-refractivity contribution in [1.29, 1.82) is 0 Å². The van der Waals surface area contributed by atoms with Crippen molar-refractivity contribution < 1.29 is 23.9 Å². The molecule has 1 heterocycles. The van der Waals surface area contributed by atoms with Gasteiger partial charge in [0, 0.05) is 13.0 Å². The van der Waals surface area contributed by atoms with Gasteiger partial charge in [0.25, 0.3) is 0 Å². The molecule has 3 atom stereocenters. The van der Waals surface area contributed by atoms with Gasteiger partial charge >= 0.3 is 5.97 Å². The van der Waals surface area contributed by atoms with Crippen LogP contribution in [0.4, 0.5) is 0 Å². The lowest BCUT2D eigenvalue weighted by Gasteiger charge is -2.51. The zero-order valence-electron chi connectivity index (χ0n) is 21.9. The standard InChI is InChI=1S/C28H37N3O5.ClH/c1-5-22(32)31-18-17-28(26(34)35-6-2,21-15-11-8-12-16-21)23(24(31)30-25(33)27(3,4)29)36-19-20-13-9-7-10-14-20;/h7-16,23-24H,5-6,17-19,29H2,1-4H3,(H,30,33);1H. The van der Waals surface area contributed by atoms with Gasteiger partial charge in [-0.05, 0) is 38.3 Å². The smallest absolute Gasteiger partial charge is 0.319 e. The largest absolute Gasteiger partial charge is 0.465 e. The number of nitrogens with one attached hydrogen (secondary N) is 1. The molecular formula is C28H38ClN3O5. The number of piperidine rings is 1. The molecule has 0 aliphatic carbocycles. The third-order valence-electron chi connectivity index (χ3n) is 6.54. The number of rotatable bonds is 9. The minimum absolute atomic E-state index is 0. The highest BCUT2D eigenvalue weighted by Gasteiger charge is 2.58. The average molecular weight is 532 g/mol. The molecule has 0 radical (unpaired) electrons. The number of hydrogen-bond acceptors (Lipinski definition) is 6. The number of carbonyl (C=O) groups excluding carboxylic acids is 3. The fourth-order valence-corrected chi connectivity index (χ4v) is 4.60. The first kappa shape index (κ1) is 30.3. The Labute approximate surface area is 225 Å². The molecule has 0 bridgehead atoms. The summed E-state index contributed by atoms with van der Waals surface area (Å²) < 4.78 is 12.1. The first-order valence-electron chi connectivity index (χ1n) is 12.4. The molecule has 3 N–H and O–H groups in total. The lowest BCUT2D eigenvalue weighted by atomic mass is 9.69. The predicted molar refractivity (Wildman–Crippen MR) is 144 cm³/mol. The number of esters is 1. The first-order chi connectivity index (χ1) is 17.1. The van der Waals surface area contributed by atoms with Crippen molar-refractivity contribution in [3.8, 4) is 0 Å². The number of amides is 2. The Bertz CT molecular complexity index is 1040. The molecule has 2 aromatic carbocycles. The summed E-state index contributed by atoms with van der Waals surface area (Å²) in [5, 5.41) is 2.94. The van der Waals surface area contributed by atoms with Crippen LogP contribution in [0.2, 0.25) is 0 Å². The Morgan fingerprint density at radius 1 is 1.05 bits per heavy atom. The molecule has 0 aromatic heterocycles. The van der Waals surface area contributed by atoms with Crippen molar-refractivity contribution >= 4 is 30.2 Å². The Kier molecular flexibility index (Phi) is 10.7. The molecule has 2 amide bonds. The number of nitrogens with zero attached hydrogens (tertiary/aromatic N) is 1. The van der Waals surface area contributed by atoms with E-state index in [9.17, 15) is 14.4 Å². The summed E-state index contributed by atoms with van der Waals surface area (Å²) in [6.07, 6.45) is -1.36. The van der Waals surface area contributed by atoms with Gasteiger partial charge in [-0.3, -0.25) is 14.4 Å². The minimum Gasteiger partial charge on any atom is -0.465 e. The summed E-state index contributed by atoms with van der Waals surface area (Å²) in [6.45, 7) is 7.29. The molecule has 202 valence electrons. The third-order valence-corrected chi connectivity index (χ3v) is 6.54. The SMILES string of the molecule is CCOC(=O)C1(c2ccccc2)CCN(C(=O)CC)C(NC(=O)C(C)(C)N)C1OCc1ccccc1.Cl. The predicted octanol–water partition coefficient (Wildman–Crippen LogP) is 3.32. The number of halogens is 1. The van der Waals surface area contributed by atoms with Gasteiger partial charge < -0.3 is 25.4 Å². The summed E-state index contributed by atoms with van der Waals surface area (Å²) in [5.41, 5.74) is 5.24. The summed E-state index contributed by atoms with van der Waals surface area (Å²) >= 11 is 0. The Morgan fingerprint density at radius 2 is 1.65 bits per heavy atom. The molecule has 1 saturated heterocycles. The van der Waals surface area contributed by atoms with Crippen LogP contribution in [0.15, 0.2) is 60.7 Å². The van der Waals surface area contributed by atoms with E-state index in [2.05, 4.69) is 5.32 Å². The molecule has 2 aromatic rings. The summed E-state index contributed by atoms with van der Waals surface area (Å²) in [7, 11) is 0. The maximum atomic E-state index is 13.8. The molecule has 8 nitrogen and oxygen atoms in total. The van der Waals surface area contributed by atoms with Crippen LogP contribution in [-0.4, -0.2) is 53.6 Å². The van der Waals surface area contributed by atoms with Crippen LogP contribution in [0.3, 0.4) is 0 Å². The van der Waals surface area contributed by atoms with Crippen LogP contribution in [0.5, 0.6) is 0 Å². The Hall–Kier alpha value is -2.94. The summed E-state index contributed by atoms with van der Waals surface area (Å²) in [4.78, 5) is 41.5. The fourth-order valence-electron chi connectivity index (χ4n) is 4.60. The lowest BCUT2D eigenvalue weighted by Crippen LogP contribution is -2.71. The van der Waals surface area contributed by atoms with Crippen molar-refractivity contribution in [1.82, 2.24) is 10.2 Å². The molecule has 1 aliphatic rings. The van der Waals surface area contributed by atoms with Gasteiger partial charge in [0.2, 0.25) is 11.8 Å². The van der Waals surface area contributed by atoms with E-state index in [0.717, 1.165) is 5.56 Å². The number of ether oxygens (including phenoxy) is 2. The molecular weight excluding hydrogens is 494 g/mol. The normalized spacial score (nSPS) is 21.5. The van der Waals surface area contributed by atoms with Crippen molar-refractivity contribution in [2.45, 2.75) is 70.4 Å². The van der Waals surface area contributed by atoms with E-state index >= 15 is 0 Å². The zero-order chi connectivity index (χ0) is 26.3. The number of likely N-dealkylation sites (tertiary alicyclic amines) is 1. The van der Waals surface area contributed by atoms with Gasteiger partial charge in [-0.15, -0.1) is 12.4 Å². The molecule has 3 unspecified atom stereocenters. The maximum Gasteiger partial charge on any atom is 0.319 e. The molecule has 1 aliphatic heterocycles. The van der Waals surface area contributed by atoms with Gasteiger partial charge in [-0.1, -0.05) is 67.6 Å². The second-order valence-corrected chi connectivity index (χ2v) is 9.61. The topological polar surface area (TPSA) is 111 Å². The highest BCUT2D eigenvalue weighted by atomic mass is 35.5. The van der Waals surface area contributed by atoms with Crippen LogP contribution >= 0.6 is 12.4 Å². The van der Waals surface area contributed by atoms with Crippen molar-refractivity contribution in [2.75, 3.05) is 13.2 Å². The number of benzene rings is 2. The quantitative estimate of drug-likeness (QED) is 0.480. The number of nitrogens with two attached hydrogens (primary N) is 1. The van der Waals surface area contributed by atoms with Crippen molar-refractivity contribution in [2.24, 2.45) is 5.73 Å². The van der Waals surface area contributed by atoms with Crippen molar-refractivity contribution in [3.05, 3.63) is 71.8 Å². The van der Waals surface area contributed by atoms with E-state index in [4.69, 9.17) is 15.2 Å². The van der Waals surface area contributed by atoms with Gasteiger partial charge in [0.1, 0.15) is 17.7 Å². The first-order valence-corrected chi connectivity index (χ1v) is 12.4. The molecule has 0 saturated carbocycles. The highest BCUT2D eigenvalue weighted by molar-refractivity contribution is 5.88. The van der Waals surface area contributed by atoms with E-state index in [1.165, 1.54) is 0 Å². The fraction of sp³-hybridized carbons (Fsp3) is 0.464. The van der Waals surface area contributed by atoms with Crippen LogP contribution in [0.25, 0.3) is 0 Å². The van der Waals surface area contributed by atoms with Gasteiger partial charge in [0.05, 0.1) is 18.8 Å². The van der Waals surface area contributed by atoms with Crippen LogP contribution in [0, 0.1) is 0 Å². The Balaban J connectivity index is 0.00000481. The molecule has 1 fully saturated rings. The lowest BCUT2D eigenvalue weighted by molar-refractivity contribution is -0.177. The van der Waals surface area contributed by atoms with Gasteiger partial charge in [0.15, 0.2) is 0 Å². The number of hydrogen-bond donors (Lipinski definition) is 2. The maximum absolute atomic E-state index is 13.8. The second-order valence-electron chi connectivity index (χ2n) is 9.61. The van der Waals surface area contributed by atoms with Crippen molar-refractivity contribution in [3.63, 3.8) is 0 Å². The van der Waals surface area contributed by atoms with E-state index in [1.54, 1.807) is 32.6 Å². The summed E-state index contributed by atoms with van der Waals surface area (Å²) in [5.74, 6) is -1.07. The van der Waals surface area contributed by atoms with Gasteiger partial charge in [-0.2, -0.15) is 0 Å². The molecule has 37 heavy (non-hydrogen) atoms. The molecule has 3 rings (SSSR count). The Morgan fingerprint density at radius 3 is 2.19 bits per heavy atom. The minimum atomic E-state index is -1.26. The van der Waals surface area contributed by atoms with Gasteiger partial charge in [-0.25, -0.2) is 0 Å². The molecule has 9 heteroatoms. The van der Waals surface area contributed by atoms with Crippen LogP contribution in [0.1, 0.15) is 51.7 Å². The second kappa shape index (κ2) is 13.0. The van der Waals surface area contributed by atoms with E-state index in [-0.39, 0.29) is 50.9 Å².